The second-order valence-corrected chi connectivity index (χ2v) is 9.27. The second-order valence-electron chi connectivity index (χ2n) is 7.01. The topological polar surface area (TPSA) is 90.2 Å². The molecule has 1 atom stereocenters. The van der Waals surface area contributed by atoms with Crippen LogP contribution in [0.2, 0.25) is 0 Å². The Hall–Kier alpha value is -2.42. The molecule has 0 spiro atoms. The highest BCUT2D eigenvalue weighted by Gasteiger charge is 2.30. The van der Waals surface area contributed by atoms with E-state index in [1.807, 2.05) is 18.2 Å². The first-order chi connectivity index (χ1) is 14.0. The van der Waals surface area contributed by atoms with E-state index in [1.54, 1.807) is 11.3 Å². The maximum Gasteiger partial charge on any atom is 0.351 e. The zero-order chi connectivity index (χ0) is 20.4. The van der Waals surface area contributed by atoms with Gasteiger partial charge in [-0.1, -0.05) is 30.3 Å². The largest absolute Gasteiger partial charge is 0.478 e. The van der Waals surface area contributed by atoms with Crippen molar-refractivity contribution in [3.05, 3.63) is 69.1 Å². The lowest BCUT2D eigenvalue weighted by Gasteiger charge is -2.26. The molecule has 6 nitrogen and oxygen atoms in total. The molecular formula is C21H20N2O4S2. The van der Waals surface area contributed by atoms with Gasteiger partial charge in [0, 0.05) is 41.3 Å². The molecule has 4 rings (SSSR count). The van der Waals surface area contributed by atoms with Crippen LogP contribution in [0.25, 0.3) is 0 Å². The summed E-state index contributed by atoms with van der Waals surface area (Å²) in [6, 6.07) is 12.5. The zero-order valence-electron chi connectivity index (χ0n) is 15.6. The third-order valence-electron chi connectivity index (χ3n) is 4.99. The van der Waals surface area contributed by atoms with Crippen LogP contribution in [0.1, 0.15) is 26.1 Å². The zero-order valence-corrected chi connectivity index (χ0v) is 17.2. The molecule has 0 aliphatic carbocycles. The van der Waals surface area contributed by atoms with Crippen LogP contribution in [-0.4, -0.2) is 45.1 Å². The van der Waals surface area contributed by atoms with Gasteiger partial charge in [-0.2, -0.15) is 0 Å². The Morgan fingerprint density at radius 3 is 2.69 bits per heavy atom. The molecule has 2 aliphatic rings. The lowest BCUT2D eigenvalue weighted by Crippen LogP contribution is -2.29. The molecule has 29 heavy (non-hydrogen) atoms. The van der Waals surface area contributed by atoms with Gasteiger partial charge in [-0.15, -0.1) is 23.1 Å². The Bertz CT molecular complexity index is 997. The molecule has 2 aliphatic heterocycles. The maximum atomic E-state index is 11.8. The third-order valence-corrected chi connectivity index (χ3v) is 7.73. The van der Waals surface area contributed by atoms with Crippen LogP contribution in [0.3, 0.4) is 0 Å². The Labute approximate surface area is 176 Å². The van der Waals surface area contributed by atoms with E-state index in [0.717, 1.165) is 30.9 Å². The smallest absolute Gasteiger partial charge is 0.351 e. The molecule has 1 aromatic heterocycles. The molecule has 0 fully saturated rings. The second kappa shape index (κ2) is 8.52. The number of carboxylic acids is 2. The fraction of sp³-hybridized carbons (Fsp3) is 0.286. The molecule has 0 bridgehead atoms. The average Bonchev–Trinajstić information content (AvgIpc) is 2.97. The van der Waals surface area contributed by atoms with E-state index >= 15 is 0 Å². The van der Waals surface area contributed by atoms with Crippen LogP contribution in [0.4, 0.5) is 0 Å². The minimum absolute atomic E-state index is 0.0217. The first kappa shape index (κ1) is 19.9. The van der Waals surface area contributed by atoms with Gasteiger partial charge in [-0.3, -0.25) is 9.89 Å². The van der Waals surface area contributed by atoms with Crippen molar-refractivity contribution < 1.29 is 19.8 Å². The minimum atomic E-state index is -1.11. The quantitative estimate of drug-likeness (QED) is 0.756. The molecule has 0 amide bonds. The van der Waals surface area contributed by atoms with Crippen LogP contribution in [-0.2, 0) is 29.1 Å². The van der Waals surface area contributed by atoms with Gasteiger partial charge >= 0.3 is 11.9 Å². The van der Waals surface area contributed by atoms with Crippen molar-refractivity contribution in [3.8, 4) is 0 Å². The molecule has 0 radical (unpaired) electrons. The summed E-state index contributed by atoms with van der Waals surface area (Å²) in [6.45, 7) is 2.69. The number of rotatable bonds is 5. The summed E-state index contributed by atoms with van der Waals surface area (Å²) in [5, 5.41) is 18.4. The number of hydrogen-bond acceptors (Lipinski definition) is 6. The van der Waals surface area contributed by atoms with Crippen LogP contribution in [0.5, 0.6) is 0 Å². The fourth-order valence-electron chi connectivity index (χ4n) is 3.54. The van der Waals surface area contributed by atoms with Crippen molar-refractivity contribution >= 4 is 40.7 Å². The SMILES string of the molecule is O=C(O)C1=CN=C(C(=O)O)CSC1c1cc2c(s1)CCN(Cc1ccccc1)C2. The van der Waals surface area contributed by atoms with Crippen molar-refractivity contribution in [2.45, 2.75) is 24.8 Å². The van der Waals surface area contributed by atoms with Gasteiger partial charge < -0.3 is 10.2 Å². The molecule has 1 aromatic carbocycles. The van der Waals surface area contributed by atoms with Gasteiger partial charge in [0.15, 0.2) is 0 Å². The number of nitrogens with zero attached hydrogens (tertiary/aromatic N) is 2. The van der Waals surface area contributed by atoms with E-state index in [9.17, 15) is 19.8 Å². The fourth-order valence-corrected chi connectivity index (χ4v) is 6.16. The molecule has 0 saturated heterocycles. The lowest BCUT2D eigenvalue weighted by molar-refractivity contribution is -0.133. The van der Waals surface area contributed by atoms with Gasteiger partial charge in [0.05, 0.1) is 10.8 Å². The van der Waals surface area contributed by atoms with Gasteiger partial charge in [0.25, 0.3) is 0 Å². The van der Waals surface area contributed by atoms with Gasteiger partial charge in [0.1, 0.15) is 5.71 Å². The van der Waals surface area contributed by atoms with Crippen LogP contribution in [0.15, 0.2) is 53.2 Å². The molecule has 2 N–H and O–H groups in total. The number of carboxylic acid groups (broad SMARTS) is 2. The number of benzene rings is 1. The summed E-state index contributed by atoms with van der Waals surface area (Å²) < 4.78 is 0. The predicted molar refractivity (Wildman–Crippen MR) is 115 cm³/mol. The van der Waals surface area contributed by atoms with Crippen molar-refractivity contribution in [2.75, 3.05) is 12.3 Å². The molecule has 2 aromatic rings. The number of fused-ring (bicyclic) bond motifs is 1. The highest BCUT2D eigenvalue weighted by atomic mass is 32.2. The van der Waals surface area contributed by atoms with E-state index in [2.05, 4.69) is 28.1 Å². The number of hydrogen-bond donors (Lipinski definition) is 2. The van der Waals surface area contributed by atoms with Crippen molar-refractivity contribution in [1.82, 2.24) is 4.90 Å². The summed E-state index contributed by atoms with van der Waals surface area (Å²) in [5.41, 5.74) is 2.62. The van der Waals surface area contributed by atoms with E-state index in [0.29, 0.717) is 0 Å². The predicted octanol–water partition coefficient (Wildman–Crippen LogP) is 3.59. The molecule has 1 unspecified atom stereocenters. The number of aliphatic carboxylic acids is 2. The summed E-state index contributed by atoms with van der Waals surface area (Å²) in [4.78, 5) is 31.5. The average molecular weight is 429 g/mol. The molecule has 150 valence electrons. The van der Waals surface area contributed by atoms with Gasteiger partial charge in [0.2, 0.25) is 0 Å². The third kappa shape index (κ3) is 4.44. The summed E-state index contributed by atoms with van der Waals surface area (Å²) in [5.74, 6) is -1.99. The highest BCUT2D eigenvalue weighted by Crippen LogP contribution is 2.43. The normalized spacial score (nSPS) is 19.7. The molecular weight excluding hydrogens is 408 g/mol. The highest BCUT2D eigenvalue weighted by molar-refractivity contribution is 8.00. The summed E-state index contributed by atoms with van der Waals surface area (Å²) in [7, 11) is 0. The standard InChI is InChI=1S/C21H20N2O4S2/c24-20(25)15-9-22-16(21(26)27)12-28-19(15)18-8-14-11-23(7-6-17(14)29-18)10-13-4-2-1-3-5-13/h1-5,8-9,19H,6-7,10-12H2,(H,24,25)(H,26,27). The maximum absolute atomic E-state index is 11.8. The number of thiophene rings is 1. The summed E-state index contributed by atoms with van der Waals surface area (Å²) in [6.07, 6.45) is 2.14. The number of carbonyl (C=O) groups is 2. The molecule has 8 heteroatoms. The van der Waals surface area contributed by atoms with Crippen molar-refractivity contribution in [3.63, 3.8) is 0 Å². The minimum Gasteiger partial charge on any atom is -0.478 e. The van der Waals surface area contributed by atoms with Gasteiger partial charge in [-0.05, 0) is 23.6 Å². The van der Waals surface area contributed by atoms with Crippen LogP contribution in [0, 0.1) is 0 Å². The number of aliphatic imine (C=N–C) groups is 1. The first-order valence-electron chi connectivity index (χ1n) is 9.24. The summed E-state index contributed by atoms with van der Waals surface area (Å²) >= 11 is 2.95. The number of thioether (sulfide) groups is 1. The van der Waals surface area contributed by atoms with E-state index in [4.69, 9.17) is 0 Å². The molecule has 3 heterocycles. The van der Waals surface area contributed by atoms with Crippen LogP contribution < -0.4 is 0 Å². The van der Waals surface area contributed by atoms with E-state index < -0.39 is 17.2 Å². The van der Waals surface area contributed by atoms with Crippen LogP contribution >= 0.6 is 23.1 Å². The van der Waals surface area contributed by atoms with Gasteiger partial charge in [-0.25, -0.2) is 9.59 Å². The first-order valence-corrected chi connectivity index (χ1v) is 11.1. The monoisotopic (exact) mass is 428 g/mol. The Morgan fingerprint density at radius 2 is 1.97 bits per heavy atom. The van der Waals surface area contributed by atoms with Crippen molar-refractivity contribution in [2.24, 2.45) is 4.99 Å². The Balaban J connectivity index is 1.54. The van der Waals surface area contributed by atoms with E-state index in [-0.39, 0.29) is 17.0 Å². The Morgan fingerprint density at radius 1 is 1.17 bits per heavy atom. The lowest BCUT2D eigenvalue weighted by atomic mass is 10.1. The Kier molecular flexibility index (Phi) is 5.84. The van der Waals surface area contributed by atoms with Crippen molar-refractivity contribution in [1.29, 1.82) is 0 Å². The molecule has 0 saturated carbocycles. The van der Waals surface area contributed by atoms with E-state index in [1.165, 1.54) is 34.0 Å².